The van der Waals surface area contributed by atoms with Crippen LogP contribution in [0.2, 0.25) is 0 Å². The lowest BCUT2D eigenvalue weighted by molar-refractivity contribution is 1.45. The third-order valence-electron chi connectivity index (χ3n) is 11.8. The van der Waals surface area contributed by atoms with E-state index in [0.717, 1.165) is 0 Å². The second-order valence-corrected chi connectivity index (χ2v) is 14.9. The lowest BCUT2D eigenvalue weighted by atomic mass is 9.83. The highest BCUT2D eigenvalue weighted by Gasteiger charge is 2.22. The fraction of sp³-hybridized carbons (Fsp3) is 0.0213. The first-order valence-electron chi connectivity index (χ1n) is 16.9. The van der Waals surface area contributed by atoms with E-state index in [9.17, 15) is 0 Å². The van der Waals surface area contributed by atoms with Gasteiger partial charge in [0.1, 0.15) is 0 Å². The second kappa shape index (κ2) is 8.02. The minimum Gasteiger partial charge on any atom is -0.134 e. The van der Waals surface area contributed by atoms with Gasteiger partial charge in [-0.1, -0.05) is 127 Å². The van der Waals surface area contributed by atoms with E-state index in [4.69, 9.17) is 0 Å². The van der Waals surface area contributed by atoms with Gasteiger partial charge in [-0.25, -0.2) is 0 Å². The van der Waals surface area contributed by atoms with Crippen LogP contribution >= 0.6 is 11.3 Å². The van der Waals surface area contributed by atoms with Gasteiger partial charge in [0.2, 0.25) is 0 Å². The molecule has 0 atom stereocenters. The van der Waals surface area contributed by atoms with E-state index in [1.165, 1.54) is 132 Å². The number of hydrogen-bond acceptors (Lipinski definition) is 1. The van der Waals surface area contributed by atoms with Gasteiger partial charge >= 0.3 is 0 Å². The second-order valence-electron chi connectivity index (χ2n) is 13.9. The molecule has 0 unspecified atom stereocenters. The summed E-state index contributed by atoms with van der Waals surface area (Å²) >= 11 is 1.96. The normalized spacial score (nSPS) is 13.1. The van der Waals surface area contributed by atoms with Gasteiger partial charge in [-0.15, -0.1) is 11.3 Å². The molecular weight excluding hydrogens is 597 g/mol. The molecule has 13 rings (SSSR count). The highest BCUT2D eigenvalue weighted by Crippen LogP contribution is 2.49. The van der Waals surface area contributed by atoms with Crippen molar-refractivity contribution in [2.45, 2.75) is 6.92 Å². The highest BCUT2D eigenvalue weighted by molar-refractivity contribution is 7.14. The molecule has 0 bridgehead atoms. The Kier molecular flexibility index (Phi) is 4.08. The topological polar surface area (TPSA) is 0 Å². The van der Waals surface area contributed by atoms with Crippen LogP contribution in [-0.2, 0) is 0 Å². The summed E-state index contributed by atoms with van der Waals surface area (Å²) in [6.45, 7) is 2.32. The molecular formula is C47H24S. The average Bonchev–Trinajstić information content (AvgIpc) is 3.78. The summed E-state index contributed by atoms with van der Waals surface area (Å²) in [7, 11) is 0. The van der Waals surface area contributed by atoms with E-state index in [1.54, 1.807) is 0 Å². The summed E-state index contributed by atoms with van der Waals surface area (Å²) in [6, 6.07) is 48.7. The summed E-state index contributed by atoms with van der Waals surface area (Å²) in [6.07, 6.45) is 0. The van der Waals surface area contributed by atoms with Gasteiger partial charge in [-0.3, -0.25) is 0 Å². The molecule has 0 saturated carbocycles. The lowest BCUT2D eigenvalue weighted by Crippen LogP contribution is -1.92. The van der Waals surface area contributed by atoms with Crippen LogP contribution in [0.3, 0.4) is 0 Å². The van der Waals surface area contributed by atoms with Gasteiger partial charge in [-0.05, 0) is 120 Å². The van der Waals surface area contributed by atoms with E-state index in [-0.39, 0.29) is 0 Å². The van der Waals surface area contributed by atoms with Gasteiger partial charge in [0.05, 0.1) is 0 Å². The van der Waals surface area contributed by atoms with Crippen molar-refractivity contribution in [3.8, 4) is 10.4 Å². The van der Waals surface area contributed by atoms with Crippen LogP contribution in [-0.4, -0.2) is 0 Å². The maximum absolute atomic E-state index is 2.42. The Bertz CT molecular complexity index is 3580. The zero-order chi connectivity index (χ0) is 31.0. The molecule has 0 saturated heterocycles. The Morgan fingerprint density at radius 1 is 0.333 bits per heavy atom. The molecule has 2 aliphatic rings. The first kappa shape index (κ1) is 24.4. The maximum atomic E-state index is 2.42. The minimum atomic E-state index is 1.31. The number of thiophene rings is 1. The van der Waals surface area contributed by atoms with Crippen LogP contribution in [0.1, 0.15) is 5.56 Å². The van der Waals surface area contributed by atoms with Gasteiger partial charge in [-0.2, -0.15) is 0 Å². The van der Waals surface area contributed by atoms with E-state index in [1.807, 2.05) is 11.3 Å². The number of benzene rings is 10. The van der Waals surface area contributed by atoms with Crippen molar-refractivity contribution in [3.05, 3.63) is 174 Å². The fourth-order valence-corrected chi connectivity index (χ4v) is 11.3. The summed E-state index contributed by atoms with van der Waals surface area (Å²) < 4.78 is 1.42. The summed E-state index contributed by atoms with van der Waals surface area (Å²) in [5, 5.41) is 29.1. The van der Waals surface area contributed by atoms with Crippen LogP contribution in [0.25, 0.3) is 85.8 Å². The zero-order valence-corrected chi connectivity index (χ0v) is 26.8. The summed E-state index contributed by atoms with van der Waals surface area (Å²) in [4.78, 5) is 1.39. The summed E-state index contributed by atoms with van der Waals surface area (Å²) in [5.41, 5.74) is 2.71. The Labute approximate surface area is 277 Å². The van der Waals surface area contributed by atoms with Crippen molar-refractivity contribution >= 4 is 86.7 Å². The van der Waals surface area contributed by atoms with Crippen molar-refractivity contribution in [2.75, 3.05) is 0 Å². The molecule has 10 aromatic carbocycles. The SMILES string of the molecule is Cc1c(-c2ccccc2)sc2c1=c1ccc3c4ccc5c6ccc7c8c(ccc(c9ccc(c%10ccc=2c1c%103)c4c95)c86)=c1ccccc1=7. The van der Waals surface area contributed by atoms with E-state index < -0.39 is 0 Å². The number of hydrogen-bond donors (Lipinski definition) is 0. The predicted octanol–water partition coefficient (Wildman–Crippen LogP) is 12.4. The molecule has 0 aliphatic heterocycles. The van der Waals surface area contributed by atoms with E-state index in [0.29, 0.717) is 0 Å². The van der Waals surface area contributed by atoms with Crippen molar-refractivity contribution in [1.82, 2.24) is 0 Å². The fourth-order valence-electron chi connectivity index (χ4n) is 9.97. The molecule has 1 aromatic heterocycles. The Morgan fingerprint density at radius 2 is 0.729 bits per heavy atom. The van der Waals surface area contributed by atoms with Crippen LogP contribution < -0.4 is 0 Å². The third-order valence-corrected chi connectivity index (χ3v) is 13.2. The number of rotatable bonds is 1. The molecule has 0 radical (unpaired) electrons. The van der Waals surface area contributed by atoms with Crippen LogP contribution in [0, 0.1) is 48.0 Å². The molecule has 1 heterocycles. The Morgan fingerprint density at radius 3 is 1.25 bits per heavy atom. The lowest BCUT2D eigenvalue weighted by Gasteiger charge is -2.19. The van der Waals surface area contributed by atoms with Gasteiger partial charge in [0.25, 0.3) is 0 Å². The van der Waals surface area contributed by atoms with Gasteiger partial charge in [0, 0.05) is 19.8 Å². The molecule has 218 valence electrons. The molecule has 2 aliphatic carbocycles. The van der Waals surface area contributed by atoms with Crippen LogP contribution in [0.4, 0.5) is 0 Å². The first-order valence-corrected chi connectivity index (χ1v) is 17.7. The monoisotopic (exact) mass is 620 g/mol. The van der Waals surface area contributed by atoms with Gasteiger partial charge < -0.3 is 0 Å². The molecule has 48 heavy (non-hydrogen) atoms. The molecule has 11 aromatic rings. The van der Waals surface area contributed by atoms with Crippen molar-refractivity contribution in [1.29, 1.82) is 0 Å². The van der Waals surface area contributed by atoms with Crippen LogP contribution in [0.5, 0.6) is 0 Å². The Hall–Kier alpha value is -5.76. The molecule has 0 fully saturated rings. The third kappa shape index (κ3) is 2.57. The Balaban J connectivity index is 1.22. The zero-order valence-electron chi connectivity index (χ0n) is 26.0. The highest BCUT2D eigenvalue weighted by atomic mass is 32.1. The maximum Gasteiger partial charge on any atom is 0.0437 e. The molecule has 0 amide bonds. The predicted molar refractivity (Wildman–Crippen MR) is 203 cm³/mol. The van der Waals surface area contributed by atoms with E-state index >= 15 is 0 Å². The standard InChI is InChI=1S/C47H24S/c1-23-39-37-21-19-35-33-17-15-31-29-13-11-27-25-9-5-6-10-26(25)28-12-14-30(41(29)40(27)28)32-16-18-34(43(33)42(31)32)36-20-22-38(45(37)44(35)36)47(39)48-46(23)24-7-3-2-4-8-24/h2-22H,1H3. The quantitative estimate of drug-likeness (QED) is 0.127. The molecule has 0 spiro atoms. The molecule has 0 nitrogen and oxygen atoms in total. The average molecular weight is 621 g/mol. The molecule has 0 N–H and O–H groups in total. The molecule has 1 heteroatoms. The minimum absolute atomic E-state index is 1.31. The number of fused-ring (bicyclic) bond motifs is 6. The largest absolute Gasteiger partial charge is 0.134 e. The van der Waals surface area contributed by atoms with Gasteiger partial charge in [0.15, 0.2) is 0 Å². The van der Waals surface area contributed by atoms with Crippen molar-refractivity contribution < 1.29 is 0 Å². The summed E-state index contributed by atoms with van der Waals surface area (Å²) in [5.74, 6) is 0. The van der Waals surface area contributed by atoms with E-state index in [2.05, 4.69) is 134 Å². The smallest absolute Gasteiger partial charge is 0.0437 e. The first-order chi connectivity index (χ1) is 23.8. The van der Waals surface area contributed by atoms with Crippen molar-refractivity contribution in [2.24, 2.45) is 0 Å². The van der Waals surface area contributed by atoms with Crippen molar-refractivity contribution in [3.63, 3.8) is 0 Å². The van der Waals surface area contributed by atoms with Crippen LogP contribution in [0.15, 0.2) is 127 Å².